The SMILES string of the molecule is NC(=O)C1CCN(C(=S)C2=Cc3ccccc3OC2)CC1. The number of primary amides is 1. The average Bonchev–Trinajstić information content (AvgIpc) is 2.54. The normalized spacial score (nSPS) is 18.5. The number of carbonyl (C=O) groups excluding carboxylic acids is 1. The third-order valence-corrected chi connectivity index (χ3v) is 4.61. The predicted molar refractivity (Wildman–Crippen MR) is 86.0 cm³/mol. The first-order valence-electron chi connectivity index (χ1n) is 7.16. The van der Waals surface area contributed by atoms with Gasteiger partial charge in [-0.2, -0.15) is 0 Å². The Kier molecular flexibility index (Phi) is 3.92. The second-order valence-electron chi connectivity index (χ2n) is 5.46. The Morgan fingerprint density at radius 1 is 1.29 bits per heavy atom. The van der Waals surface area contributed by atoms with Crippen LogP contribution in [-0.4, -0.2) is 35.5 Å². The van der Waals surface area contributed by atoms with Gasteiger partial charge < -0.3 is 15.4 Å². The number of rotatable bonds is 2. The molecule has 0 unspecified atom stereocenters. The second kappa shape index (κ2) is 5.85. The number of carbonyl (C=O) groups is 1. The van der Waals surface area contributed by atoms with Gasteiger partial charge >= 0.3 is 0 Å². The molecule has 2 N–H and O–H groups in total. The molecular formula is C16H18N2O2S. The van der Waals surface area contributed by atoms with Crippen molar-refractivity contribution in [3.05, 3.63) is 35.4 Å². The van der Waals surface area contributed by atoms with Crippen molar-refractivity contribution < 1.29 is 9.53 Å². The van der Waals surface area contributed by atoms with Gasteiger partial charge in [0.25, 0.3) is 0 Å². The molecule has 5 heteroatoms. The van der Waals surface area contributed by atoms with Crippen molar-refractivity contribution in [2.75, 3.05) is 19.7 Å². The van der Waals surface area contributed by atoms with Gasteiger partial charge in [-0.3, -0.25) is 4.79 Å². The molecule has 4 nitrogen and oxygen atoms in total. The number of thiocarbonyl (C=S) groups is 1. The summed E-state index contributed by atoms with van der Waals surface area (Å²) in [6.45, 7) is 2.07. The molecule has 0 spiro atoms. The molecule has 1 fully saturated rings. The smallest absolute Gasteiger partial charge is 0.220 e. The van der Waals surface area contributed by atoms with E-state index in [0.717, 1.165) is 47.8 Å². The van der Waals surface area contributed by atoms with Crippen molar-refractivity contribution in [2.45, 2.75) is 12.8 Å². The first-order valence-corrected chi connectivity index (χ1v) is 7.57. The minimum Gasteiger partial charge on any atom is -0.488 e. The zero-order valence-corrected chi connectivity index (χ0v) is 12.6. The molecule has 21 heavy (non-hydrogen) atoms. The monoisotopic (exact) mass is 302 g/mol. The minimum absolute atomic E-state index is 0.0126. The van der Waals surface area contributed by atoms with Gasteiger partial charge in [-0.05, 0) is 25.0 Å². The van der Waals surface area contributed by atoms with E-state index in [9.17, 15) is 4.79 Å². The van der Waals surface area contributed by atoms with Crippen molar-refractivity contribution in [3.8, 4) is 5.75 Å². The van der Waals surface area contributed by atoms with Gasteiger partial charge in [-0.1, -0.05) is 30.4 Å². The predicted octanol–water partition coefficient (Wildman–Crippen LogP) is 1.99. The van der Waals surface area contributed by atoms with Gasteiger partial charge in [0.1, 0.15) is 17.3 Å². The van der Waals surface area contributed by atoms with Crippen LogP contribution in [0.15, 0.2) is 29.8 Å². The lowest BCUT2D eigenvalue weighted by Gasteiger charge is -2.34. The molecule has 0 saturated carbocycles. The molecule has 0 aliphatic carbocycles. The van der Waals surface area contributed by atoms with Crippen LogP contribution in [0.4, 0.5) is 0 Å². The van der Waals surface area contributed by atoms with E-state index < -0.39 is 0 Å². The van der Waals surface area contributed by atoms with Crippen LogP contribution in [0, 0.1) is 5.92 Å². The lowest BCUT2D eigenvalue weighted by molar-refractivity contribution is -0.122. The van der Waals surface area contributed by atoms with Gasteiger partial charge in [-0.25, -0.2) is 0 Å². The van der Waals surface area contributed by atoms with Crippen LogP contribution in [-0.2, 0) is 4.79 Å². The molecule has 2 aliphatic rings. The highest BCUT2D eigenvalue weighted by Crippen LogP contribution is 2.28. The molecule has 1 amide bonds. The second-order valence-corrected chi connectivity index (χ2v) is 5.85. The zero-order chi connectivity index (χ0) is 14.8. The van der Waals surface area contributed by atoms with E-state index in [2.05, 4.69) is 11.0 Å². The van der Waals surface area contributed by atoms with Crippen LogP contribution in [0.25, 0.3) is 6.08 Å². The molecule has 110 valence electrons. The number of hydrogen-bond acceptors (Lipinski definition) is 3. The maximum absolute atomic E-state index is 11.2. The summed E-state index contributed by atoms with van der Waals surface area (Å²) in [6.07, 6.45) is 3.65. The first kappa shape index (κ1) is 14.1. The van der Waals surface area contributed by atoms with E-state index >= 15 is 0 Å². The van der Waals surface area contributed by atoms with Crippen molar-refractivity contribution in [2.24, 2.45) is 11.7 Å². The molecule has 0 bridgehead atoms. The first-order chi connectivity index (χ1) is 10.1. The highest BCUT2D eigenvalue weighted by molar-refractivity contribution is 7.80. The summed E-state index contributed by atoms with van der Waals surface area (Å²) in [6, 6.07) is 7.94. The van der Waals surface area contributed by atoms with Gasteiger partial charge in [0.15, 0.2) is 0 Å². The van der Waals surface area contributed by atoms with Crippen LogP contribution < -0.4 is 10.5 Å². The van der Waals surface area contributed by atoms with Gasteiger partial charge in [-0.15, -0.1) is 0 Å². The Labute approximate surface area is 129 Å². The fraction of sp³-hybridized carbons (Fsp3) is 0.375. The number of nitrogens with zero attached hydrogens (tertiary/aromatic N) is 1. The molecule has 0 aromatic heterocycles. The number of amides is 1. The largest absolute Gasteiger partial charge is 0.488 e. The summed E-state index contributed by atoms with van der Waals surface area (Å²) in [5.41, 5.74) is 7.45. The topological polar surface area (TPSA) is 55.6 Å². The number of hydrogen-bond donors (Lipinski definition) is 1. The quantitative estimate of drug-likeness (QED) is 0.849. The number of likely N-dealkylation sites (tertiary alicyclic amines) is 1. The van der Waals surface area contributed by atoms with Crippen LogP contribution in [0.2, 0.25) is 0 Å². The Balaban J connectivity index is 1.70. The Morgan fingerprint density at radius 3 is 2.71 bits per heavy atom. The summed E-state index contributed by atoms with van der Waals surface area (Å²) in [7, 11) is 0. The van der Waals surface area contributed by atoms with Gasteiger partial charge in [0.05, 0.1) is 0 Å². The molecule has 1 saturated heterocycles. The van der Waals surface area contributed by atoms with Crippen molar-refractivity contribution in [1.82, 2.24) is 4.90 Å². The summed E-state index contributed by atoms with van der Waals surface area (Å²) >= 11 is 5.59. The Bertz CT molecular complexity index is 604. The summed E-state index contributed by atoms with van der Waals surface area (Å²) in [5.74, 6) is 0.688. The number of nitrogens with two attached hydrogens (primary N) is 1. The molecular weight excluding hydrogens is 284 g/mol. The molecule has 2 aliphatic heterocycles. The third kappa shape index (κ3) is 2.93. The van der Waals surface area contributed by atoms with E-state index in [1.807, 2.05) is 24.3 Å². The van der Waals surface area contributed by atoms with E-state index in [1.54, 1.807) is 0 Å². The van der Waals surface area contributed by atoms with E-state index in [1.165, 1.54) is 0 Å². The van der Waals surface area contributed by atoms with E-state index in [0.29, 0.717) is 6.61 Å². The van der Waals surface area contributed by atoms with Crippen molar-refractivity contribution in [1.29, 1.82) is 0 Å². The molecule has 3 rings (SSSR count). The molecule has 0 atom stereocenters. The van der Waals surface area contributed by atoms with E-state index in [-0.39, 0.29) is 11.8 Å². The van der Waals surface area contributed by atoms with Crippen molar-refractivity contribution >= 4 is 29.2 Å². The van der Waals surface area contributed by atoms with Crippen molar-refractivity contribution in [3.63, 3.8) is 0 Å². The average molecular weight is 302 g/mol. The fourth-order valence-electron chi connectivity index (χ4n) is 2.81. The third-order valence-electron chi connectivity index (χ3n) is 4.09. The molecule has 1 aromatic rings. The molecule has 1 aromatic carbocycles. The maximum Gasteiger partial charge on any atom is 0.220 e. The number of ether oxygens (including phenoxy) is 1. The highest BCUT2D eigenvalue weighted by atomic mass is 32.1. The number of fused-ring (bicyclic) bond motifs is 1. The molecule has 0 radical (unpaired) electrons. The lowest BCUT2D eigenvalue weighted by Crippen LogP contribution is -2.42. The number of piperidine rings is 1. The maximum atomic E-state index is 11.2. The summed E-state index contributed by atoms with van der Waals surface area (Å²) < 4.78 is 5.75. The Hall–Kier alpha value is -1.88. The number of para-hydroxylation sites is 1. The number of benzene rings is 1. The van der Waals surface area contributed by atoms with Gasteiger partial charge in [0, 0.05) is 30.1 Å². The van der Waals surface area contributed by atoms with Crippen LogP contribution in [0.3, 0.4) is 0 Å². The Morgan fingerprint density at radius 2 is 2.00 bits per heavy atom. The highest BCUT2D eigenvalue weighted by Gasteiger charge is 2.26. The van der Waals surface area contributed by atoms with Gasteiger partial charge in [0.2, 0.25) is 5.91 Å². The van der Waals surface area contributed by atoms with Crippen LogP contribution >= 0.6 is 12.2 Å². The minimum atomic E-state index is -0.199. The standard InChI is InChI=1S/C16H18N2O2S/c17-15(19)11-5-7-18(8-6-11)16(21)13-9-12-3-1-2-4-14(12)20-10-13/h1-4,9,11H,5-8,10H2,(H2,17,19). The summed E-state index contributed by atoms with van der Waals surface area (Å²) in [5, 5.41) is 0. The van der Waals surface area contributed by atoms with Crippen LogP contribution in [0.5, 0.6) is 5.75 Å². The fourth-order valence-corrected chi connectivity index (χ4v) is 3.11. The zero-order valence-electron chi connectivity index (χ0n) is 11.7. The summed E-state index contributed by atoms with van der Waals surface area (Å²) in [4.78, 5) is 14.2. The van der Waals surface area contributed by atoms with Crippen LogP contribution in [0.1, 0.15) is 18.4 Å². The lowest BCUT2D eigenvalue weighted by atomic mass is 9.95. The molecule has 2 heterocycles. The van der Waals surface area contributed by atoms with E-state index in [4.69, 9.17) is 22.7 Å².